The summed E-state index contributed by atoms with van der Waals surface area (Å²) < 4.78 is 0. The van der Waals surface area contributed by atoms with Crippen molar-refractivity contribution in [2.45, 2.75) is 26.0 Å². The first-order valence-corrected chi connectivity index (χ1v) is 7.95. The highest BCUT2D eigenvalue weighted by atomic mass is 32.2. The van der Waals surface area contributed by atoms with Crippen molar-refractivity contribution in [3.63, 3.8) is 0 Å². The van der Waals surface area contributed by atoms with Gasteiger partial charge in [0.1, 0.15) is 0 Å². The number of hydrogen-bond donors (Lipinski definition) is 1. The van der Waals surface area contributed by atoms with E-state index in [-0.39, 0.29) is 11.2 Å². The first kappa shape index (κ1) is 15.6. The minimum Gasteiger partial charge on any atom is -0.372 e. The Hall–Kier alpha value is -1.82. The van der Waals surface area contributed by atoms with Gasteiger partial charge in [-0.3, -0.25) is 4.79 Å². The number of amides is 1. The fraction of sp³-hybridized carbons (Fsp3) is 0.400. The fourth-order valence-corrected chi connectivity index (χ4v) is 2.77. The van der Waals surface area contributed by atoms with E-state index in [1.165, 1.54) is 17.4 Å². The van der Waals surface area contributed by atoms with Crippen LogP contribution in [0.25, 0.3) is 0 Å². The third-order valence-corrected chi connectivity index (χ3v) is 4.24. The van der Waals surface area contributed by atoms with Gasteiger partial charge in [-0.05, 0) is 38.5 Å². The molecule has 0 bridgehead atoms. The van der Waals surface area contributed by atoms with Crippen molar-refractivity contribution in [3.8, 4) is 0 Å². The zero-order valence-corrected chi connectivity index (χ0v) is 13.4. The lowest BCUT2D eigenvalue weighted by Crippen LogP contribution is -2.23. The summed E-state index contributed by atoms with van der Waals surface area (Å²) in [6.07, 6.45) is 1.69. The molecule has 2 rings (SSSR count). The summed E-state index contributed by atoms with van der Waals surface area (Å²) in [5.41, 5.74) is 2.19. The number of nitrogens with zero attached hydrogens (tertiary/aromatic N) is 3. The minimum atomic E-state index is -0.0905. The Morgan fingerprint density at radius 3 is 2.48 bits per heavy atom. The van der Waals surface area contributed by atoms with Crippen molar-refractivity contribution in [1.82, 2.24) is 5.32 Å². The molecule has 1 heterocycles. The molecule has 6 heteroatoms. The predicted octanol–water partition coefficient (Wildman–Crippen LogP) is 2.47. The highest BCUT2D eigenvalue weighted by Gasteiger charge is 2.25. The Balaban J connectivity index is 1.99. The Bertz CT molecular complexity index is 549. The molecule has 0 aliphatic carbocycles. The Morgan fingerprint density at radius 2 is 1.95 bits per heavy atom. The first-order valence-electron chi connectivity index (χ1n) is 7.07. The molecule has 21 heavy (non-hydrogen) atoms. The summed E-state index contributed by atoms with van der Waals surface area (Å²) in [5.74, 6) is -0.0162. The van der Waals surface area contributed by atoms with E-state index in [4.69, 9.17) is 0 Å². The van der Waals surface area contributed by atoms with Crippen molar-refractivity contribution >= 4 is 34.7 Å². The van der Waals surface area contributed by atoms with Crippen LogP contribution < -0.4 is 10.2 Å². The lowest BCUT2D eigenvalue weighted by Gasteiger charge is -2.20. The molecule has 1 N–H and O–H groups in total. The number of thioether (sulfide) groups is 1. The highest BCUT2D eigenvalue weighted by molar-refractivity contribution is 8.15. The number of amidine groups is 1. The Morgan fingerprint density at radius 1 is 1.29 bits per heavy atom. The van der Waals surface area contributed by atoms with E-state index in [1.54, 1.807) is 6.21 Å². The quantitative estimate of drug-likeness (QED) is 0.671. The molecule has 1 aromatic carbocycles. The molecule has 1 aliphatic rings. The second-order valence-corrected chi connectivity index (χ2v) is 5.99. The van der Waals surface area contributed by atoms with E-state index < -0.39 is 0 Å². The summed E-state index contributed by atoms with van der Waals surface area (Å²) >= 11 is 1.39. The van der Waals surface area contributed by atoms with E-state index in [2.05, 4.69) is 46.4 Å². The standard InChI is InChI=1S/C15H20N4OS/c1-4-19(5-2)13-8-6-12(7-9-13)10-16-18-15-17-14(20)11(3)21-15/h6-11H,4-5H2,1-3H3,(H,17,18,20)/b16-10+. The molecule has 1 amide bonds. The number of carbonyl (C=O) groups is 1. The number of rotatable bonds is 5. The molecule has 0 aromatic heterocycles. The van der Waals surface area contributed by atoms with Gasteiger partial charge in [0.05, 0.1) is 11.5 Å². The maximum Gasteiger partial charge on any atom is 0.239 e. The Kier molecular flexibility index (Phi) is 5.38. The van der Waals surface area contributed by atoms with E-state index >= 15 is 0 Å². The number of benzene rings is 1. The van der Waals surface area contributed by atoms with E-state index in [9.17, 15) is 4.79 Å². The van der Waals surface area contributed by atoms with Crippen LogP contribution in [0.2, 0.25) is 0 Å². The molecule has 0 saturated carbocycles. The Labute approximate surface area is 129 Å². The van der Waals surface area contributed by atoms with Gasteiger partial charge in [-0.15, -0.1) is 5.10 Å². The van der Waals surface area contributed by atoms with E-state index in [1.807, 2.05) is 19.1 Å². The van der Waals surface area contributed by atoms with Crippen LogP contribution in [0.5, 0.6) is 0 Å². The van der Waals surface area contributed by atoms with Crippen LogP contribution >= 0.6 is 11.8 Å². The second-order valence-electron chi connectivity index (χ2n) is 4.66. The van der Waals surface area contributed by atoms with Crippen LogP contribution in [0.1, 0.15) is 26.3 Å². The molecule has 1 atom stereocenters. The topological polar surface area (TPSA) is 57.1 Å². The fourth-order valence-electron chi connectivity index (χ4n) is 2.01. The highest BCUT2D eigenvalue weighted by Crippen LogP contribution is 2.18. The molecule has 1 unspecified atom stereocenters. The average Bonchev–Trinajstić information content (AvgIpc) is 2.80. The smallest absolute Gasteiger partial charge is 0.239 e. The molecule has 1 fully saturated rings. The number of carbonyl (C=O) groups excluding carboxylic acids is 1. The normalized spacial score (nSPS) is 20.2. The lowest BCUT2D eigenvalue weighted by atomic mass is 10.2. The maximum absolute atomic E-state index is 11.3. The van der Waals surface area contributed by atoms with Crippen molar-refractivity contribution in [3.05, 3.63) is 29.8 Å². The molecule has 1 aliphatic heterocycles. The molecule has 5 nitrogen and oxygen atoms in total. The van der Waals surface area contributed by atoms with Gasteiger partial charge in [-0.25, -0.2) is 0 Å². The van der Waals surface area contributed by atoms with Gasteiger partial charge in [-0.1, -0.05) is 23.9 Å². The van der Waals surface area contributed by atoms with Crippen molar-refractivity contribution in [2.75, 3.05) is 18.0 Å². The average molecular weight is 304 g/mol. The molecular formula is C15H20N4OS. The van der Waals surface area contributed by atoms with Crippen LogP contribution in [0.3, 0.4) is 0 Å². The lowest BCUT2D eigenvalue weighted by molar-refractivity contribution is -0.118. The maximum atomic E-state index is 11.3. The molecule has 112 valence electrons. The van der Waals surface area contributed by atoms with Gasteiger partial charge < -0.3 is 10.2 Å². The summed E-state index contributed by atoms with van der Waals surface area (Å²) in [6, 6.07) is 8.19. The van der Waals surface area contributed by atoms with Gasteiger partial charge >= 0.3 is 0 Å². The van der Waals surface area contributed by atoms with Crippen LogP contribution in [0, 0.1) is 0 Å². The van der Waals surface area contributed by atoms with Gasteiger partial charge in [0.25, 0.3) is 0 Å². The molecule has 0 radical (unpaired) electrons. The molecular weight excluding hydrogens is 284 g/mol. The summed E-state index contributed by atoms with van der Waals surface area (Å²) in [5, 5.41) is 11.2. The third kappa shape index (κ3) is 4.07. The summed E-state index contributed by atoms with van der Waals surface area (Å²) in [4.78, 5) is 13.6. The van der Waals surface area contributed by atoms with Crippen LogP contribution in [0.15, 0.2) is 34.5 Å². The summed E-state index contributed by atoms with van der Waals surface area (Å²) in [7, 11) is 0. The largest absolute Gasteiger partial charge is 0.372 e. The van der Waals surface area contributed by atoms with Gasteiger partial charge in [0.2, 0.25) is 5.91 Å². The second kappa shape index (κ2) is 7.26. The van der Waals surface area contributed by atoms with Crippen molar-refractivity contribution < 1.29 is 4.79 Å². The zero-order chi connectivity index (χ0) is 15.2. The minimum absolute atomic E-state index is 0.0162. The predicted molar refractivity (Wildman–Crippen MR) is 90.2 cm³/mol. The van der Waals surface area contributed by atoms with E-state index in [0.717, 1.165) is 18.7 Å². The van der Waals surface area contributed by atoms with Crippen LogP contribution in [-0.2, 0) is 4.79 Å². The SMILES string of the molecule is CCN(CC)c1ccc(/C=N/N=C2\NC(=O)C(C)S2)cc1. The van der Waals surface area contributed by atoms with Crippen LogP contribution in [-0.4, -0.2) is 35.6 Å². The van der Waals surface area contributed by atoms with Crippen LogP contribution in [0.4, 0.5) is 5.69 Å². The van der Waals surface area contributed by atoms with Gasteiger partial charge in [0.15, 0.2) is 5.17 Å². The zero-order valence-electron chi connectivity index (χ0n) is 12.5. The molecule has 1 aromatic rings. The van der Waals surface area contributed by atoms with Crippen molar-refractivity contribution in [2.24, 2.45) is 10.2 Å². The summed E-state index contributed by atoms with van der Waals surface area (Å²) in [6.45, 7) is 8.12. The number of nitrogens with one attached hydrogen (secondary N) is 1. The third-order valence-electron chi connectivity index (χ3n) is 3.26. The molecule has 0 spiro atoms. The monoisotopic (exact) mass is 304 g/mol. The van der Waals surface area contributed by atoms with E-state index in [0.29, 0.717) is 5.17 Å². The van der Waals surface area contributed by atoms with Gasteiger partial charge in [-0.2, -0.15) is 5.10 Å². The number of hydrogen-bond acceptors (Lipinski definition) is 5. The first-order chi connectivity index (χ1) is 10.1. The number of anilines is 1. The van der Waals surface area contributed by atoms with Gasteiger partial charge in [0, 0.05) is 18.8 Å². The molecule has 1 saturated heterocycles. The van der Waals surface area contributed by atoms with Crippen molar-refractivity contribution in [1.29, 1.82) is 0 Å².